The molecule has 2 unspecified atom stereocenters. The van der Waals surface area contributed by atoms with Crippen LogP contribution in [0.15, 0.2) is 0 Å². The van der Waals surface area contributed by atoms with Crippen molar-refractivity contribution in [3.8, 4) is 0 Å². The van der Waals surface area contributed by atoms with Crippen molar-refractivity contribution in [2.75, 3.05) is 0 Å². The molecule has 0 N–H and O–H groups in total. The second kappa shape index (κ2) is 5.76. The highest BCUT2D eigenvalue weighted by atomic mass is 14.1. The molecule has 0 fully saturated rings. The van der Waals surface area contributed by atoms with E-state index in [0.29, 0.717) is 0 Å². The summed E-state index contributed by atoms with van der Waals surface area (Å²) in [4.78, 5) is 0. The van der Waals surface area contributed by atoms with Gasteiger partial charge >= 0.3 is 0 Å². The summed E-state index contributed by atoms with van der Waals surface area (Å²) in [5.41, 5.74) is 0. The Kier molecular flexibility index (Phi) is 5.76. The topological polar surface area (TPSA) is 0 Å². The Morgan fingerprint density at radius 3 is 2.10 bits per heavy atom. The van der Waals surface area contributed by atoms with Crippen molar-refractivity contribution in [1.29, 1.82) is 0 Å². The molecule has 2 atom stereocenters. The number of hydrogen-bond acceptors (Lipinski definition) is 0. The molecule has 0 rings (SSSR count). The van der Waals surface area contributed by atoms with Gasteiger partial charge in [0.25, 0.3) is 0 Å². The Labute approximate surface area is 66.0 Å². The zero-order valence-electron chi connectivity index (χ0n) is 7.40. The maximum Gasteiger partial charge on any atom is -0.0440 e. The Balaban J connectivity index is 3.27. The third kappa shape index (κ3) is 4.84. The van der Waals surface area contributed by atoms with Gasteiger partial charge in [0.2, 0.25) is 0 Å². The first-order valence-corrected chi connectivity index (χ1v) is 4.29. The fraction of sp³-hybridized carbons (Fsp3) is 0.800. The van der Waals surface area contributed by atoms with E-state index in [1.165, 1.54) is 12.8 Å². The quantitative estimate of drug-likeness (QED) is 0.548. The average Bonchev–Trinajstić information content (AvgIpc) is 1.88. The van der Waals surface area contributed by atoms with Crippen molar-refractivity contribution >= 4 is 0 Å². The third-order valence-electron chi connectivity index (χ3n) is 1.99. The summed E-state index contributed by atoms with van der Waals surface area (Å²) in [6.07, 6.45) is 4.73. The van der Waals surface area contributed by atoms with Crippen molar-refractivity contribution in [3.05, 3.63) is 13.8 Å². The molecule has 10 heavy (non-hydrogen) atoms. The van der Waals surface area contributed by atoms with Gasteiger partial charge in [0.05, 0.1) is 0 Å². The van der Waals surface area contributed by atoms with Crippen LogP contribution in [0.1, 0.15) is 39.5 Å². The van der Waals surface area contributed by atoms with Crippen LogP contribution < -0.4 is 0 Å². The highest BCUT2D eigenvalue weighted by Crippen LogP contribution is 2.17. The minimum Gasteiger partial charge on any atom is -0.0625 e. The molecule has 0 aliphatic rings. The molecule has 0 aromatic heterocycles. The molecule has 0 amide bonds. The lowest BCUT2D eigenvalue weighted by Crippen LogP contribution is -2.01. The van der Waals surface area contributed by atoms with Crippen LogP contribution >= 0.6 is 0 Å². The van der Waals surface area contributed by atoms with Crippen molar-refractivity contribution in [1.82, 2.24) is 0 Å². The number of rotatable bonds is 5. The van der Waals surface area contributed by atoms with Crippen molar-refractivity contribution in [2.45, 2.75) is 39.5 Å². The minimum absolute atomic E-state index is 0.793. The second-order valence-corrected chi connectivity index (χ2v) is 3.38. The van der Waals surface area contributed by atoms with Crippen LogP contribution in [0.2, 0.25) is 0 Å². The van der Waals surface area contributed by atoms with Gasteiger partial charge in [0.15, 0.2) is 0 Å². The second-order valence-electron chi connectivity index (χ2n) is 3.38. The minimum atomic E-state index is 0.793. The molecule has 0 aromatic rings. The maximum atomic E-state index is 3.88. The van der Waals surface area contributed by atoms with E-state index in [4.69, 9.17) is 0 Å². The highest BCUT2D eigenvalue weighted by Gasteiger charge is 2.05. The molecule has 0 aromatic carbocycles. The lowest BCUT2D eigenvalue weighted by atomic mass is 9.92. The summed E-state index contributed by atoms with van der Waals surface area (Å²) in [6.45, 7) is 12.3. The van der Waals surface area contributed by atoms with Crippen LogP contribution in [0.5, 0.6) is 0 Å². The Morgan fingerprint density at radius 2 is 1.70 bits per heavy atom. The molecule has 0 nitrogen and oxygen atoms in total. The van der Waals surface area contributed by atoms with Gasteiger partial charge in [-0.05, 0) is 18.3 Å². The lowest BCUT2D eigenvalue weighted by Gasteiger charge is -2.14. The van der Waals surface area contributed by atoms with Crippen LogP contribution in [-0.2, 0) is 0 Å². The first-order chi connectivity index (χ1) is 4.70. The van der Waals surface area contributed by atoms with Gasteiger partial charge in [-0.1, -0.05) is 47.0 Å². The van der Waals surface area contributed by atoms with Gasteiger partial charge in [-0.2, -0.15) is 0 Å². The van der Waals surface area contributed by atoms with Gasteiger partial charge in [-0.25, -0.2) is 0 Å². The van der Waals surface area contributed by atoms with Crippen LogP contribution in [0.3, 0.4) is 0 Å². The van der Waals surface area contributed by atoms with Gasteiger partial charge in [-0.15, -0.1) is 0 Å². The fourth-order valence-electron chi connectivity index (χ4n) is 1.27. The molecule has 0 heterocycles. The molecule has 0 saturated carbocycles. The standard InChI is InChI=1S/C10H20/c1-5-7-10(4)8-9(3)6-2/h9-10H,1-2,5-8H2,3-4H3. The molecule has 0 heteroatoms. The molecule has 0 aliphatic carbocycles. The molecule has 2 radical (unpaired) electrons. The van der Waals surface area contributed by atoms with Crippen molar-refractivity contribution in [2.24, 2.45) is 11.8 Å². The molecule has 0 aliphatic heterocycles. The summed E-state index contributed by atoms with van der Waals surface area (Å²) >= 11 is 0. The van der Waals surface area contributed by atoms with Crippen LogP contribution in [0.25, 0.3) is 0 Å². The molecule has 0 spiro atoms. The van der Waals surface area contributed by atoms with E-state index in [-0.39, 0.29) is 0 Å². The van der Waals surface area contributed by atoms with Crippen LogP contribution in [0, 0.1) is 25.7 Å². The molecular formula is C10H20. The maximum absolute atomic E-state index is 3.88. The average molecular weight is 140 g/mol. The summed E-state index contributed by atoms with van der Waals surface area (Å²) < 4.78 is 0. The summed E-state index contributed by atoms with van der Waals surface area (Å²) in [7, 11) is 0. The van der Waals surface area contributed by atoms with E-state index in [1.807, 2.05) is 0 Å². The van der Waals surface area contributed by atoms with Crippen LogP contribution in [-0.4, -0.2) is 0 Å². The summed E-state index contributed by atoms with van der Waals surface area (Å²) in [5.74, 6) is 1.63. The summed E-state index contributed by atoms with van der Waals surface area (Å²) in [5, 5.41) is 0. The van der Waals surface area contributed by atoms with Gasteiger partial charge in [-0.3, -0.25) is 0 Å². The zero-order chi connectivity index (χ0) is 7.98. The normalized spacial score (nSPS) is 16.8. The van der Waals surface area contributed by atoms with E-state index in [0.717, 1.165) is 24.7 Å². The first-order valence-electron chi connectivity index (χ1n) is 4.29. The molecular weight excluding hydrogens is 120 g/mol. The molecule has 60 valence electrons. The number of hydrogen-bond donors (Lipinski definition) is 0. The van der Waals surface area contributed by atoms with Crippen molar-refractivity contribution < 1.29 is 0 Å². The zero-order valence-corrected chi connectivity index (χ0v) is 7.40. The van der Waals surface area contributed by atoms with E-state index in [1.54, 1.807) is 0 Å². The SMILES string of the molecule is [CH2]CCC(C)CC(C)C[CH2]. The third-order valence-corrected chi connectivity index (χ3v) is 1.99. The Hall–Kier alpha value is 0. The first kappa shape index (κ1) is 10.0. The lowest BCUT2D eigenvalue weighted by molar-refractivity contribution is 0.398. The predicted molar refractivity (Wildman–Crippen MR) is 47.5 cm³/mol. The smallest absolute Gasteiger partial charge is 0.0440 e. The van der Waals surface area contributed by atoms with Crippen molar-refractivity contribution in [3.63, 3.8) is 0 Å². The van der Waals surface area contributed by atoms with E-state index in [9.17, 15) is 0 Å². The fourth-order valence-corrected chi connectivity index (χ4v) is 1.27. The van der Waals surface area contributed by atoms with Gasteiger partial charge in [0.1, 0.15) is 0 Å². The monoisotopic (exact) mass is 140 g/mol. The molecule has 0 bridgehead atoms. The van der Waals surface area contributed by atoms with E-state index < -0.39 is 0 Å². The highest BCUT2D eigenvalue weighted by molar-refractivity contribution is 4.61. The Morgan fingerprint density at radius 1 is 1.10 bits per heavy atom. The van der Waals surface area contributed by atoms with E-state index >= 15 is 0 Å². The predicted octanol–water partition coefficient (Wildman–Crippen LogP) is 3.49. The Bertz CT molecular complexity index is 66.4. The van der Waals surface area contributed by atoms with Crippen LogP contribution in [0.4, 0.5) is 0 Å². The van der Waals surface area contributed by atoms with Gasteiger partial charge in [0, 0.05) is 0 Å². The summed E-state index contributed by atoms with van der Waals surface area (Å²) in [6, 6.07) is 0. The van der Waals surface area contributed by atoms with Gasteiger partial charge < -0.3 is 0 Å². The largest absolute Gasteiger partial charge is 0.0625 e. The molecule has 0 saturated heterocycles. The van der Waals surface area contributed by atoms with E-state index in [2.05, 4.69) is 27.7 Å².